The lowest BCUT2D eigenvalue weighted by Gasteiger charge is -2.15. The van der Waals surface area contributed by atoms with Crippen molar-refractivity contribution in [2.75, 3.05) is 11.9 Å². The SMILES string of the molecule is CC(=O)C[C@@H]1CN[C@H](C(=O)Nc2cccc(Br)n2)[C@H]1F. The molecule has 7 heteroatoms. The van der Waals surface area contributed by atoms with Crippen molar-refractivity contribution in [3.8, 4) is 0 Å². The van der Waals surface area contributed by atoms with Gasteiger partial charge < -0.3 is 15.4 Å². The van der Waals surface area contributed by atoms with Gasteiger partial charge in [-0.05, 0) is 35.0 Å². The molecule has 5 nitrogen and oxygen atoms in total. The number of halogens is 2. The van der Waals surface area contributed by atoms with Gasteiger partial charge in [0.15, 0.2) is 0 Å². The smallest absolute Gasteiger partial charge is 0.245 e. The second-order valence-electron chi connectivity index (χ2n) is 4.83. The fraction of sp³-hybridized carbons (Fsp3) is 0.462. The summed E-state index contributed by atoms with van der Waals surface area (Å²) in [7, 11) is 0. The molecule has 20 heavy (non-hydrogen) atoms. The monoisotopic (exact) mass is 343 g/mol. The number of nitrogens with one attached hydrogen (secondary N) is 2. The molecule has 1 aliphatic rings. The van der Waals surface area contributed by atoms with E-state index < -0.39 is 24.0 Å². The molecule has 1 aliphatic heterocycles. The lowest BCUT2D eigenvalue weighted by Crippen LogP contribution is -2.41. The number of nitrogens with zero attached hydrogens (tertiary/aromatic N) is 1. The molecule has 2 N–H and O–H groups in total. The quantitative estimate of drug-likeness (QED) is 0.816. The molecule has 1 aromatic rings. The highest BCUT2D eigenvalue weighted by Crippen LogP contribution is 2.23. The van der Waals surface area contributed by atoms with Crippen LogP contribution in [0.2, 0.25) is 0 Å². The number of anilines is 1. The zero-order valence-electron chi connectivity index (χ0n) is 10.9. The molecule has 2 heterocycles. The molecule has 108 valence electrons. The molecule has 2 rings (SSSR count). The highest BCUT2D eigenvalue weighted by atomic mass is 79.9. The number of carbonyl (C=O) groups excluding carboxylic acids is 2. The van der Waals surface area contributed by atoms with Gasteiger partial charge in [0.05, 0.1) is 0 Å². The van der Waals surface area contributed by atoms with Crippen LogP contribution >= 0.6 is 15.9 Å². The Kier molecular flexibility index (Phi) is 4.82. The van der Waals surface area contributed by atoms with Gasteiger partial charge >= 0.3 is 0 Å². The van der Waals surface area contributed by atoms with Crippen molar-refractivity contribution < 1.29 is 14.0 Å². The third-order valence-electron chi connectivity index (χ3n) is 3.17. The number of aromatic nitrogens is 1. The molecule has 1 saturated heterocycles. The van der Waals surface area contributed by atoms with E-state index in [1.54, 1.807) is 18.2 Å². The second-order valence-corrected chi connectivity index (χ2v) is 5.64. The number of hydrogen-bond acceptors (Lipinski definition) is 4. The Morgan fingerprint density at radius 3 is 2.95 bits per heavy atom. The number of ketones is 1. The van der Waals surface area contributed by atoms with Crippen molar-refractivity contribution in [1.82, 2.24) is 10.3 Å². The van der Waals surface area contributed by atoms with Gasteiger partial charge in [-0.2, -0.15) is 0 Å². The van der Waals surface area contributed by atoms with E-state index in [9.17, 15) is 14.0 Å². The van der Waals surface area contributed by atoms with Crippen molar-refractivity contribution in [3.63, 3.8) is 0 Å². The van der Waals surface area contributed by atoms with E-state index in [4.69, 9.17) is 0 Å². The maximum atomic E-state index is 14.1. The Bertz CT molecular complexity index is 526. The fourth-order valence-electron chi connectivity index (χ4n) is 2.25. The molecule has 1 aromatic heterocycles. The second kappa shape index (κ2) is 6.41. The van der Waals surface area contributed by atoms with Crippen LogP contribution in [0.5, 0.6) is 0 Å². The molecule has 0 saturated carbocycles. The first-order valence-corrected chi connectivity index (χ1v) is 7.07. The molecule has 0 bridgehead atoms. The van der Waals surface area contributed by atoms with Crippen molar-refractivity contribution >= 4 is 33.4 Å². The summed E-state index contributed by atoms with van der Waals surface area (Å²) in [5.41, 5.74) is 0. The molecule has 0 radical (unpaired) electrons. The summed E-state index contributed by atoms with van der Waals surface area (Å²) in [6.45, 7) is 1.75. The minimum atomic E-state index is -1.37. The molecule has 0 aromatic carbocycles. The van der Waals surface area contributed by atoms with Gasteiger partial charge in [-0.1, -0.05) is 6.07 Å². The van der Waals surface area contributed by atoms with E-state index in [1.807, 2.05) is 0 Å². The van der Waals surface area contributed by atoms with Crippen molar-refractivity contribution in [2.45, 2.75) is 25.6 Å². The summed E-state index contributed by atoms with van der Waals surface area (Å²) in [5, 5.41) is 5.38. The largest absolute Gasteiger partial charge is 0.309 e. The summed E-state index contributed by atoms with van der Waals surface area (Å²) in [5.74, 6) is -0.643. The highest BCUT2D eigenvalue weighted by Gasteiger charge is 2.40. The van der Waals surface area contributed by atoms with E-state index >= 15 is 0 Å². The van der Waals surface area contributed by atoms with Gasteiger partial charge in [0.2, 0.25) is 5.91 Å². The van der Waals surface area contributed by atoms with Crippen LogP contribution in [0.4, 0.5) is 10.2 Å². The summed E-state index contributed by atoms with van der Waals surface area (Å²) in [6.07, 6.45) is -1.22. The Labute approximate surface area is 124 Å². The third kappa shape index (κ3) is 3.61. The van der Waals surface area contributed by atoms with Crippen molar-refractivity contribution in [3.05, 3.63) is 22.8 Å². The Morgan fingerprint density at radius 1 is 1.55 bits per heavy atom. The van der Waals surface area contributed by atoms with E-state index in [0.717, 1.165) is 0 Å². The van der Waals surface area contributed by atoms with Crippen molar-refractivity contribution in [1.29, 1.82) is 0 Å². The number of hydrogen-bond donors (Lipinski definition) is 2. The fourth-order valence-corrected chi connectivity index (χ4v) is 2.59. The van der Waals surface area contributed by atoms with Crippen LogP contribution in [0.3, 0.4) is 0 Å². The predicted octanol–water partition coefficient (Wildman–Crippen LogP) is 1.69. The molecule has 3 atom stereocenters. The van der Waals surface area contributed by atoms with Crippen LogP contribution in [0, 0.1) is 5.92 Å². The van der Waals surface area contributed by atoms with Crippen molar-refractivity contribution in [2.24, 2.45) is 5.92 Å². The van der Waals surface area contributed by atoms with Gasteiger partial charge in [-0.3, -0.25) is 4.79 Å². The third-order valence-corrected chi connectivity index (χ3v) is 3.61. The Balaban J connectivity index is 1.98. The van der Waals surface area contributed by atoms with Crippen LogP contribution in [0.15, 0.2) is 22.8 Å². The lowest BCUT2D eigenvalue weighted by atomic mass is 9.97. The van der Waals surface area contributed by atoms with Crippen LogP contribution in [0.25, 0.3) is 0 Å². The maximum Gasteiger partial charge on any atom is 0.245 e. The summed E-state index contributed by atoms with van der Waals surface area (Å²) < 4.78 is 14.7. The standard InChI is InChI=1S/C13H15BrFN3O2/c1-7(19)5-8-6-16-12(11(8)15)13(20)18-10-4-2-3-9(14)17-10/h2-4,8,11-12,16H,5-6H2,1H3,(H,17,18,20)/t8-,11+,12+/m1/s1. The number of Topliss-reactive ketones (excluding diaryl/α,β-unsaturated/α-hetero) is 1. The first-order valence-electron chi connectivity index (χ1n) is 6.27. The van der Waals surface area contributed by atoms with E-state index in [2.05, 4.69) is 31.5 Å². The zero-order chi connectivity index (χ0) is 14.7. The molecule has 0 unspecified atom stereocenters. The van der Waals surface area contributed by atoms with E-state index in [-0.39, 0.29) is 12.2 Å². The predicted molar refractivity (Wildman–Crippen MR) is 76.0 cm³/mol. The minimum Gasteiger partial charge on any atom is -0.309 e. The van der Waals surface area contributed by atoms with Crippen LogP contribution in [-0.2, 0) is 9.59 Å². The number of alkyl halides is 1. The summed E-state index contributed by atoms with van der Waals surface area (Å²) in [6, 6.07) is 4.13. The molecule has 0 aliphatic carbocycles. The van der Waals surface area contributed by atoms with Gasteiger partial charge in [0.1, 0.15) is 28.4 Å². The lowest BCUT2D eigenvalue weighted by molar-refractivity contribution is -0.120. The molecular weight excluding hydrogens is 329 g/mol. The summed E-state index contributed by atoms with van der Waals surface area (Å²) >= 11 is 3.19. The molecule has 0 spiro atoms. The number of pyridine rings is 1. The van der Waals surface area contributed by atoms with Gasteiger partial charge in [-0.15, -0.1) is 0 Å². The number of rotatable bonds is 4. The highest BCUT2D eigenvalue weighted by molar-refractivity contribution is 9.10. The average Bonchev–Trinajstić information content (AvgIpc) is 2.70. The van der Waals surface area contributed by atoms with Crippen LogP contribution in [0.1, 0.15) is 13.3 Å². The zero-order valence-corrected chi connectivity index (χ0v) is 12.5. The van der Waals surface area contributed by atoms with E-state index in [0.29, 0.717) is 17.0 Å². The molecular formula is C13H15BrFN3O2. The van der Waals surface area contributed by atoms with E-state index in [1.165, 1.54) is 6.92 Å². The van der Waals surface area contributed by atoms with Crippen LogP contribution in [-0.4, -0.2) is 35.4 Å². The minimum absolute atomic E-state index is 0.0748. The first kappa shape index (κ1) is 15.1. The summed E-state index contributed by atoms with van der Waals surface area (Å²) in [4.78, 5) is 27.1. The number of carbonyl (C=O) groups is 2. The maximum absolute atomic E-state index is 14.1. The first-order chi connectivity index (χ1) is 9.47. The number of amides is 1. The van der Waals surface area contributed by atoms with Gasteiger partial charge in [-0.25, -0.2) is 9.37 Å². The average molecular weight is 344 g/mol. The molecule has 1 fully saturated rings. The van der Waals surface area contributed by atoms with Gasteiger partial charge in [0, 0.05) is 18.9 Å². The topological polar surface area (TPSA) is 71.1 Å². The Morgan fingerprint density at radius 2 is 2.30 bits per heavy atom. The van der Waals surface area contributed by atoms with Crippen LogP contribution < -0.4 is 10.6 Å². The normalized spacial score (nSPS) is 25.4. The van der Waals surface area contributed by atoms with Gasteiger partial charge in [0.25, 0.3) is 0 Å². The Hall–Kier alpha value is -1.34. The molecule has 1 amide bonds.